The zero-order valence-electron chi connectivity index (χ0n) is 16.8. The predicted octanol–water partition coefficient (Wildman–Crippen LogP) is 3.32. The molecule has 0 fully saturated rings. The SMILES string of the molecule is COc1ccc(/C(C)=N\NC(=O)CN(c2ccc(Cl)c(Cl)c2)S(C)(=O)=O)cc1OC. The summed E-state index contributed by atoms with van der Waals surface area (Å²) in [6.45, 7) is 1.20. The number of hydrogen-bond donors (Lipinski definition) is 1. The summed E-state index contributed by atoms with van der Waals surface area (Å²) < 4.78 is 35.7. The van der Waals surface area contributed by atoms with Crippen LogP contribution < -0.4 is 19.2 Å². The summed E-state index contributed by atoms with van der Waals surface area (Å²) in [6, 6.07) is 9.46. The quantitative estimate of drug-likeness (QED) is 0.468. The number of ether oxygens (including phenoxy) is 2. The van der Waals surface area contributed by atoms with E-state index in [2.05, 4.69) is 10.5 Å². The van der Waals surface area contributed by atoms with E-state index in [1.165, 1.54) is 32.4 Å². The van der Waals surface area contributed by atoms with Gasteiger partial charge in [-0.05, 0) is 43.3 Å². The fourth-order valence-corrected chi connectivity index (χ4v) is 3.62. The van der Waals surface area contributed by atoms with E-state index in [-0.39, 0.29) is 15.7 Å². The maximum Gasteiger partial charge on any atom is 0.260 e. The number of halogens is 2. The summed E-state index contributed by atoms with van der Waals surface area (Å²) in [5, 5.41) is 4.48. The van der Waals surface area contributed by atoms with Crippen molar-refractivity contribution in [3.63, 3.8) is 0 Å². The first-order valence-corrected chi connectivity index (χ1v) is 11.2. The van der Waals surface area contributed by atoms with Gasteiger partial charge in [0.05, 0.1) is 41.9 Å². The number of anilines is 1. The smallest absolute Gasteiger partial charge is 0.260 e. The topological polar surface area (TPSA) is 97.3 Å². The van der Waals surface area contributed by atoms with Gasteiger partial charge in [0.15, 0.2) is 11.5 Å². The van der Waals surface area contributed by atoms with Crippen LogP contribution in [0.1, 0.15) is 12.5 Å². The van der Waals surface area contributed by atoms with Crippen molar-refractivity contribution in [1.29, 1.82) is 0 Å². The average molecular weight is 474 g/mol. The lowest BCUT2D eigenvalue weighted by molar-refractivity contribution is -0.119. The van der Waals surface area contributed by atoms with Crippen LogP contribution in [-0.2, 0) is 14.8 Å². The zero-order valence-corrected chi connectivity index (χ0v) is 19.1. The highest BCUT2D eigenvalue weighted by Gasteiger charge is 2.21. The molecule has 0 unspecified atom stereocenters. The molecule has 0 bridgehead atoms. The van der Waals surface area contributed by atoms with Crippen molar-refractivity contribution in [1.82, 2.24) is 5.43 Å². The lowest BCUT2D eigenvalue weighted by atomic mass is 10.1. The molecule has 1 N–H and O–H groups in total. The van der Waals surface area contributed by atoms with Gasteiger partial charge in [0.1, 0.15) is 6.54 Å². The second-order valence-electron chi connectivity index (χ2n) is 6.17. The Balaban J connectivity index is 2.18. The van der Waals surface area contributed by atoms with Crippen LogP contribution in [0.3, 0.4) is 0 Å². The maximum atomic E-state index is 12.4. The van der Waals surface area contributed by atoms with Crippen molar-refractivity contribution in [2.45, 2.75) is 6.92 Å². The summed E-state index contributed by atoms with van der Waals surface area (Å²) in [5.41, 5.74) is 3.75. The van der Waals surface area contributed by atoms with E-state index < -0.39 is 22.5 Å². The van der Waals surface area contributed by atoms with Gasteiger partial charge in [-0.15, -0.1) is 0 Å². The lowest BCUT2D eigenvalue weighted by Gasteiger charge is -2.21. The molecule has 2 aromatic rings. The van der Waals surface area contributed by atoms with E-state index in [4.69, 9.17) is 32.7 Å². The number of sulfonamides is 1. The summed E-state index contributed by atoms with van der Waals surface area (Å²) >= 11 is 11.8. The molecule has 0 heterocycles. The second kappa shape index (κ2) is 10.0. The molecular weight excluding hydrogens is 453 g/mol. The highest BCUT2D eigenvalue weighted by atomic mass is 35.5. The van der Waals surface area contributed by atoms with Crippen LogP contribution in [0.25, 0.3) is 0 Å². The Morgan fingerprint density at radius 1 is 1.07 bits per heavy atom. The van der Waals surface area contributed by atoms with E-state index in [1.54, 1.807) is 25.1 Å². The van der Waals surface area contributed by atoms with Crippen LogP contribution in [0.15, 0.2) is 41.5 Å². The molecule has 1 amide bonds. The molecule has 30 heavy (non-hydrogen) atoms. The van der Waals surface area contributed by atoms with Crippen LogP contribution in [0.5, 0.6) is 11.5 Å². The fraction of sp³-hybridized carbons (Fsp3) is 0.263. The van der Waals surface area contributed by atoms with Crippen molar-refractivity contribution in [2.24, 2.45) is 5.10 Å². The number of carbonyl (C=O) groups excluding carboxylic acids is 1. The zero-order chi connectivity index (χ0) is 22.5. The fourth-order valence-electron chi connectivity index (χ4n) is 2.48. The summed E-state index contributed by atoms with van der Waals surface area (Å²) in [7, 11) is -0.718. The monoisotopic (exact) mass is 473 g/mol. The van der Waals surface area contributed by atoms with E-state index in [1.807, 2.05) is 0 Å². The third kappa shape index (κ3) is 6.01. The maximum absolute atomic E-state index is 12.4. The number of hydrogen-bond acceptors (Lipinski definition) is 6. The first kappa shape index (κ1) is 23.8. The standard InChI is InChI=1S/C19H21Cl2N3O5S/c1-12(13-5-8-17(28-2)18(9-13)29-3)22-23-19(25)11-24(30(4,26)27)14-6-7-15(20)16(21)10-14/h5-10H,11H2,1-4H3,(H,23,25)/b22-12-. The highest BCUT2D eigenvalue weighted by molar-refractivity contribution is 7.92. The van der Waals surface area contributed by atoms with E-state index in [9.17, 15) is 13.2 Å². The normalized spacial score (nSPS) is 11.7. The van der Waals surface area contributed by atoms with E-state index >= 15 is 0 Å². The van der Waals surface area contributed by atoms with Crippen molar-refractivity contribution >= 4 is 50.5 Å². The molecule has 0 atom stereocenters. The first-order chi connectivity index (χ1) is 14.1. The molecule has 2 aromatic carbocycles. The molecule has 8 nitrogen and oxygen atoms in total. The summed E-state index contributed by atoms with van der Waals surface area (Å²) in [4.78, 5) is 12.4. The number of nitrogens with one attached hydrogen (secondary N) is 1. The van der Waals surface area contributed by atoms with Crippen molar-refractivity contribution in [3.05, 3.63) is 52.0 Å². The molecule has 11 heteroatoms. The minimum Gasteiger partial charge on any atom is -0.493 e. The van der Waals surface area contributed by atoms with Crippen LogP contribution in [-0.4, -0.2) is 47.1 Å². The molecule has 0 saturated heterocycles. The van der Waals surface area contributed by atoms with Crippen LogP contribution >= 0.6 is 23.2 Å². The Morgan fingerprint density at radius 2 is 1.73 bits per heavy atom. The Kier molecular flexibility index (Phi) is 7.94. The molecule has 162 valence electrons. The number of amides is 1. The molecule has 0 radical (unpaired) electrons. The van der Waals surface area contributed by atoms with Crippen LogP contribution in [0.4, 0.5) is 5.69 Å². The molecule has 0 aliphatic carbocycles. The molecule has 0 aliphatic rings. The Hall–Kier alpha value is -2.49. The lowest BCUT2D eigenvalue weighted by Crippen LogP contribution is -2.39. The number of carbonyl (C=O) groups is 1. The number of methoxy groups -OCH3 is 2. The first-order valence-electron chi connectivity index (χ1n) is 8.55. The van der Waals surface area contributed by atoms with Gasteiger partial charge in [-0.25, -0.2) is 13.8 Å². The average Bonchev–Trinajstić information content (AvgIpc) is 2.70. The third-order valence-electron chi connectivity index (χ3n) is 4.03. The van der Waals surface area contributed by atoms with E-state index in [0.717, 1.165) is 10.6 Å². The molecule has 0 spiro atoms. The highest BCUT2D eigenvalue weighted by Crippen LogP contribution is 2.29. The van der Waals surface area contributed by atoms with Gasteiger partial charge in [-0.3, -0.25) is 9.10 Å². The largest absolute Gasteiger partial charge is 0.493 e. The third-order valence-corrected chi connectivity index (χ3v) is 5.91. The van der Waals surface area contributed by atoms with Crippen molar-refractivity contribution in [2.75, 3.05) is 31.3 Å². The van der Waals surface area contributed by atoms with Gasteiger partial charge < -0.3 is 9.47 Å². The molecular formula is C19H21Cl2N3O5S. The molecule has 0 aliphatic heterocycles. The number of rotatable bonds is 8. The molecule has 0 aromatic heterocycles. The Bertz CT molecular complexity index is 1070. The Morgan fingerprint density at radius 3 is 2.30 bits per heavy atom. The Labute approximate surface area is 185 Å². The number of nitrogens with zero attached hydrogens (tertiary/aromatic N) is 2. The minimum atomic E-state index is -3.76. The van der Waals surface area contributed by atoms with E-state index in [0.29, 0.717) is 22.8 Å². The van der Waals surface area contributed by atoms with Crippen molar-refractivity contribution in [3.8, 4) is 11.5 Å². The van der Waals surface area contributed by atoms with Gasteiger partial charge >= 0.3 is 0 Å². The van der Waals surface area contributed by atoms with Gasteiger partial charge in [0, 0.05) is 5.56 Å². The molecule has 0 saturated carbocycles. The molecule has 2 rings (SSSR count). The second-order valence-corrected chi connectivity index (χ2v) is 8.89. The van der Waals surface area contributed by atoms with Gasteiger partial charge in [-0.2, -0.15) is 5.10 Å². The summed E-state index contributed by atoms with van der Waals surface area (Å²) in [5.74, 6) is 0.438. The number of hydrazone groups is 1. The van der Waals surface area contributed by atoms with Gasteiger partial charge in [0.2, 0.25) is 10.0 Å². The van der Waals surface area contributed by atoms with Crippen LogP contribution in [0, 0.1) is 0 Å². The van der Waals surface area contributed by atoms with Crippen molar-refractivity contribution < 1.29 is 22.7 Å². The van der Waals surface area contributed by atoms with Gasteiger partial charge in [0.25, 0.3) is 5.91 Å². The summed E-state index contributed by atoms with van der Waals surface area (Å²) in [6.07, 6.45) is 0.987. The predicted molar refractivity (Wildman–Crippen MR) is 119 cm³/mol. The minimum absolute atomic E-state index is 0.172. The number of benzene rings is 2. The van der Waals surface area contributed by atoms with Crippen LogP contribution in [0.2, 0.25) is 10.0 Å². The van der Waals surface area contributed by atoms with Gasteiger partial charge in [-0.1, -0.05) is 23.2 Å².